The van der Waals surface area contributed by atoms with E-state index in [0.29, 0.717) is 30.9 Å². The van der Waals surface area contributed by atoms with E-state index in [1.165, 1.54) is 0 Å². The molecule has 0 saturated carbocycles. The highest BCUT2D eigenvalue weighted by Crippen LogP contribution is 2.20. The summed E-state index contributed by atoms with van der Waals surface area (Å²) in [4.78, 5) is 13.7. The van der Waals surface area contributed by atoms with Crippen molar-refractivity contribution in [2.45, 2.75) is 13.3 Å². The standard InChI is InChI=1S/C9H14N4O3S2/c1-6-8(12-17-11-6)9(14)13-3-2-7(4-13)5-18(10,15)16/h7H,2-5H2,1H3,(H2,10,15,16). The van der Waals surface area contributed by atoms with E-state index in [0.717, 1.165) is 11.7 Å². The fourth-order valence-corrected chi connectivity index (χ4v) is 3.53. The molecule has 2 N–H and O–H groups in total. The number of carbonyl (C=O) groups is 1. The van der Waals surface area contributed by atoms with Gasteiger partial charge in [-0.05, 0) is 19.3 Å². The Hall–Kier alpha value is -1.06. The molecule has 1 atom stereocenters. The van der Waals surface area contributed by atoms with Gasteiger partial charge in [-0.15, -0.1) is 0 Å². The van der Waals surface area contributed by atoms with E-state index in [-0.39, 0.29) is 17.6 Å². The van der Waals surface area contributed by atoms with Crippen LogP contribution in [0.3, 0.4) is 0 Å². The van der Waals surface area contributed by atoms with Gasteiger partial charge >= 0.3 is 0 Å². The van der Waals surface area contributed by atoms with E-state index < -0.39 is 10.0 Å². The zero-order valence-electron chi connectivity index (χ0n) is 9.87. The van der Waals surface area contributed by atoms with Gasteiger partial charge in [0.05, 0.1) is 23.2 Å². The lowest BCUT2D eigenvalue weighted by Gasteiger charge is -2.15. The Bertz CT molecular complexity index is 554. The molecule has 1 aromatic rings. The summed E-state index contributed by atoms with van der Waals surface area (Å²) in [5, 5.41) is 5.00. The SMILES string of the molecule is Cc1nsnc1C(=O)N1CCC(CS(N)(=O)=O)C1. The molecule has 0 spiro atoms. The Labute approximate surface area is 109 Å². The average molecular weight is 290 g/mol. The van der Waals surface area contributed by atoms with Crippen LogP contribution in [0, 0.1) is 12.8 Å². The Morgan fingerprint density at radius 2 is 2.28 bits per heavy atom. The van der Waals surface area contributed by atoms with E-state index in [1.807, 2.05) is 0 Å². The van der Waals surface area contributed by atoms with E-state index in [2.05, 4.69) is 8.75 Å². The summed E-state index contributed by atoms with van der Waals surface area (Å²) in [6.07, 6.45) is 0.652. The summed E-state index contributed by atoms with van der Waals surface area (Å²) in [6, 6.07) is 0. The molecule has 9 heteroatoms. The predicted molar refractivity (Wildman–Crippen MR) is 66.6 cm³/mol. The molecule has 0 bridgehead atoms. The zero-order valence-corrected chi connectivity index (χ0v) is 11.5. The minimum Gasteiger partial charge on any atom is -0.337 e. The minimum absolute atomic E-state index is 0.0783. The molecule has 2 rings (SSSR count). The minimum atomic E-state index is -3.48. The first-order chi connectivity index (χ1) is 8.37. The second-order valence-electron chi connectivity index (χ2n) is 4.43. The quantitative estimate of drug-likeness (QED) is 0.815. The molecule has 100 valence electrons. The maximum atomic E-state index is 12.1. The van der Waals surface area contributed by atoms with E-state index >= 15 is 0 Å². The van der Waals surface area contributed by atoms with Gasteiger partial charge in [-0.3, -0.25) is 4.79 Å². The fraction of sp³-hybridized carbons (Fsp3) is 0.667. The lowest BCUT2D eigenvalue weighted by atomic mass is 10.2. The van der Waals surface area contributed by atoms with Crippen molar-refractivity contribution in [2.75, 3.05) is 18.8 Å². The fourth-order valence-electron chi connectivity index (χ4n) is 2.06. The number of aryl methyl sites for hydroxylation is 1. The van der Waals surface area contributed by atoms with Crippen molar-refractivity contribution in [3.63, 3.8) is 0 Å². The van der Waals surface area contributed by atoms with E-state index in [1.54, 1.807) is 11.8 Å². The second-order valence-corrected chi connectivity index (χ2v) is 6.62. The van der Waals surface area contributed by atoms with Crippen LogP contribution in [-0.4, -0.2) is 46.8 Å². The number of hydrogen-bond donors (Lipinski definition) is 1. The van der Waals surface area contributed by atoms with Gasteiger partial charge in [-0.2, -0.15) is 8.75 Å². The lowest BCUT2D eigenvalue weighted by Crippen LogP contribution is -2.31. The number of amides is 1. The van der Waals surface area contributed by atoms with Crippen LogP contribution in [0.15, 0.2) is 0 Å². The van der Waals surface area contributed by atoms with Gasteiger partial charge in [0.2, 0.25) is 10.0 Å². The first-order valence-corrected chi connectivity index (χ1v) is 7.90. The topological polar surface area (TPSA) is 106 Å². The maximum Gasteiger partial charge on any atom is 0.275 e. The van der Waals surface area contributed by atoms with Crippen LogP contribution in [0.25, 0.3) is 0 Å². The molecular formula is C9H14N4O3S2. The molecule has 1 unspecified atom stereocenters. The van der Waals surface area contributed by atoms with Crippen LogP contribution >= 0.6 is 11.7 Å². The molecule has 1 aliphatic heterocycles. The molecule has 1 saturated heterocycles. The largest absolute Gasteiger partial charge is 0.337 e. The number of sulfonamides is 1. The van der Waals surface area contributed by atoms with Gasteiger partial charge in [-0.1, -0.05) is 0 Å². The van der Waals surface area contributed by atoms with Crippen LogP contribution in [0.4, 0.5) is 0 Å². The van der Waals surface area contributed by atoms with E-state index in [9.17, 15) is 13.2 Å². The number of aromatic nitrogens is 2. The number of nitrogens with zero attached hydrogens (tertiary/aromatic N) is 3. The molecule has 1 aliphatic rings. The van der Waals surface area contributed by atoms with Crippen molar-refractivity contribution in [3.05, 3.63) is 11.4 Å². The summed E-state index contributed by atoms with van der Waals surface area (Å²) in [5.41, 5.74) is 0.969. The molecule has 0 aromatic carbocycles. The van der Waals surface area contributed by atoms with Crippen molar-refractivity contribution in [1.29, 1.82) is 0 Å². The molecule has 0 aliphatic carbocycles. The summed E-state index contributed by atoms with van der Waals surface area (Å²) in [5.74, 6) is -0.348. The molecule has 1 amide bonds. The predicted octanol–water partition coefficient (Wildman–Crippen LogP) is -0.403. The van der Waals surface area contributed by atoms with Crippen molar-refractivity contribution in [3.8, 4) is 0 Å². The monoisotopic (exact) mass is 290 g/mol. The smallest absolute Gasteiger partial charge is 0.275 e. The summed E-state index contributed by atoms with van der Waals surface area (Å²) >= 11 is 1.00. The molecule has 0 radical (unpaired) electrons. The van der Waals surface area contributed by atoms with Crippen LogP contribution < -0.4 is 5.14 Å². The zero-order chi connectivity index (χ0) is 13.3. The second kappa shape index (κ2) is 4.90. The van der Waals surface area contributed by atoms with Crippen molar-refractivity contribution in [1.82, 2.24) is 13.6 Å². The number of carbonyl (C=O) groups excluding carboxylic acids is 1. The Morgan fingerprint density at radius 3 is 2.83 bits per heavy atom. The van der Waals surface area contributed by atoms with Crippen LogP contribution in [0.2, 0.25) is 0 Å². The number of hydrogen-bond acceptors (Lipinski definition) is 6. The van der Waals surface area contributed by atoms with Gasteiger partial charge in [0.25, 0.3) is 5.91 Å². The molecule has 18 heavy (non-hydrogen) atoms. The van der Waals surface area contributed by atoms with Crippen molar-refractivity contribution >= 4 is 27.7 Å². The molecule has 1 aromatic heterocycles. The maximum absolute atomic E-state index is 12.1. The van der Waals surface area contributed by atoms with Crippen LogP contribution in [-0.2, 0) is 10.0 Å². The Balaban J connectivity index is 2.01. The first kappa shape index (κ1) is 13.4. The van der Waals surface area contributed by atoms with Crippen molar-refractivity contribution < 1.29 is 13.2 Å². The highest BCUT2D eigenvalue weighted by atomic mass is 32.2. The molecule has 7 nitrogen and oxygen atoms in total. The van der Waals surface area contributed by atoms with Crippen LogP contribution in [0.5, 0.6) is 0 Å². The van der Waals surface area contributed by atoms with Gasteiger partial charge in [-0.25, -0.2) is 13.6 Å². The number of nitrogens with two attached hydrogens (primary N) is 1. The Morgan fingerprint density at radius 1 is 1.56 bits per heavy atom. The van der Waals surface area contributed by atoms with Gasteiger partial charge in [0.15, 0.2) is 5.69 Å². The lowest BCUT2D eigenvalue weighted by molar-refractivity contribution is 0.0782. The summed E-state index contributed by atoms with van der Waals surface area (Å²) in [7, 11) is -3.48. The average Bonchev–Trinajstić information content (AvgIpc) is 2.84. The summed E-state index contributed by atoms with van der Waals surface area (Å²) < 4.78 is 29.9. The molecular weight excluding hydrogens is 276 g/mol. The van der Waals surface area contributed by atoms with E-state index in [4.69, 9.17) is 5.14 Å². The highest BCUT2D eigenvalue weighted by molar-refractivity contribution is 7.89. The Kier molecular flexibility index (Phi) is 3.64. The molecule has 2 heterocycles. The third kappa shape index (κ3) is 3.03. The van der Waals surface area contributed by atoms with Crippen LogP contribution in [0.1, 0.15) is 22.6 Å². The normalized spacial score (nSPS) is 20.3. The number of likely N-dealkylation sites (tertiary alicyclic amines) is 1. The van der Waals surface area contributed by atoms with Gasteiger partial charge in [0.1, 0.15) is 0 Å². The van der Waals surface area contributed by atoms with Gasteiger partial charge < -0.3 is 4.90 Å². The van der Waals surface area contributed by atoms with Gasteiger partial charge in [0, 0.05) is 13.1 Å². The third-order valence-electron chi connectivity index (χ3n) is 2.90. The number of primary sulfonamides is 1. The highest BCUT2D eigenvalue weighted by Gasteiger charge is 2.30. The first-order valence-electron chi connectivity index (χ1n) is 5.46. The third-order valence-corrected chi connectivity index (χ3v) is 4.45. The summed E-state index contributed by atoms with van der Waals surface area (Å²) in [6.45, 7) is 2.68. The van der Waals surface area contributed by atoms with Crippen molar-refractivity contribution in [2.24, 2.45) is 11.1 Å². The molecule has 1 fully saturated rings. The number of rotatable bonds is 3.